The van der Waals surface area contributed by atoms with Crippen molar-refractivity contribution in [3.05, 3.63) is 28.2 Å². The van der Waals surface area contributed by atoms with Gasteiger partial charge in [-0.25, -0.2) is 0 Å². The smallest absolute Gasteiger partial charge is 0.260 e. The molecular formula is C15H19Cl2NO3. The Morgan fingerprint density at radius 2 is 2.10 bits per heavy atom. The summed E-state index contributed by atoms with van der Waals surface area (Å²) in [5.74, 6) is 0.129. The number of benzene rings is 1. The number of hydrogen-bond acceptors (Lipinski definition) is 3. The molecule has 1 aromatic rings. The van der Waals surface area contributed by atoms with Crippen LogP contribution in [0.4, 0.5) is 0 Å². The lowest BCUT2D eigenvalue weighted by atomic mass is 10.0. The van der Waals surface area contributed by atoms with Gasteiger partial charge in [-0.3, -0.25) is 4.79 Å². The SMILES string of the molecule is CC(Oc1ccc(Cl)cc1Cl)C(=O)NCC1(O)CCCC1. The highest BCUT2D eigenvalue weighted by atomic mass is 35.5. The van der Waals surface area contributed by atoms with Crippen molar-refractivity contribution in [1.29, 1.82) is 0 Å². The van der Waals surface area contributed by atoms with Gasteiger partial charge in [0.05, 0.1) is 10.6 Å². The average molecular weight is 332 g/mol. The maximum atomic E-state index is 12.0. The zero-order valence-corrected chi connectivity index (χ0v) is 13.4. The molecule has 21 heavy (non-hydrogen) atoms. The van der Waals surface area contributed by atoms with Gasteiger partial charge in [-0.05, 0) is 38.0 Å². The number of nitrogens with one attached hydrogen (secondary N) is 1. The minimum absolute atomic E-state index is 0.258. The molecule has 4 nitrogen and oxygen atoms in total. The number of amides is 1. The number of carbonyl (C=O) groups excluding carboxylic acids is 1. The van der Waals surface area contributed by atoms with Crippen molar-refractivity contribution in [1.82, 2.24) is 5.32 Å². The van der Waals surface area contributed by atoms with Crippen LogP contribution in [0, 0.1) is 0 Å². The average Bonchev–Trinajstić information content (AvgIpc) is 2.86. The molecule has 1 aromatic carbocycles. The lowest BCUT2D eigenvalue weighted by molar-refractivity contribution is -0.128. The van der Waals surface area contributed by atoms with Gasteiger partial charge in [0.25, 0.3) is 5.91 Å². The van der Waals surface area contributed by atoms with E-state index in [1.165, 1.54) is 0 Å². The van der Waals surface area contributed by atoms with Crippen LogP contribution in [-0.4, -0.2) is 29.3 Å². The van der Waals surface area contributed by atoms with Crippen LogP contribution in [0.1, 0.15) is 32.6 Å². The third-order valence-electron chi connectivity index (χ3n) is 3.69. The molecule has 0 bridgehead atoms. The van der Waals surface area contributed by atoms with Crippen LogP contribution in [0.15, 0.2) is 18.2 Å². The van der Waals surface area contributed by atoms with Gasteiger partial charge >= 0.3 is 0 Å². The monoisotopic (exact) mass is 331 g/mol. The Bertz CT molecular complexity index is 516. The first-order valence-electron chi connectivity index (χ1n) is 7.01. The van der Waals surface area contributed by atoms with Gasteiger partial charge in [0.1, 0.15) is 5.75 Å². The lowest BCUT2D eigenvalue weighted by Gasteiger charge is -2.23. The molecule has 2 N–H and O–H groups in total. The predicted molar refractivity (Wildman–Crippen MR) is 83.0 cm³/mol. The number of halogens is 2. The standard InChI is InChI=1S/C15H19Cl2NO3/c1-10(21-13-5-4-11(16)8-12(13)17)14(19)18-9-15(20)6-2-3-7-15/h4-5,8,10,20H,2-3,6-7,9H2,1H3,(H,18,19). The summed E-state index contributed by atoms with van der Waals surface area (Å²) in [6, 6.07) is 4.83. The number of aliphatic hydroxyl groups is 1. The summed E-state index contributed by atoms with van der Waals surface area (Å²) in [5, 5.41) is 13.8. The molecule has 0 radical (unpaired) electrons. The molecule has 0 aliphatic heterocycles. The Hall–Kier alpha value is -0.970. The van der Waals surface area contributed by atoms with E-state index in [0.29, 0.717) is 15.8 Å². The molecule has 116 valence electrons. The fourth-order valence-corrected chi connectivity index (χ4v) is 2.87. The molecule has 1 saturated carbocycles. The Kier molecular flexibility index (Phi) is 5.36. The summed E-state index contributed by atoms with van der Waals surface area (Å²) in [6.07, 6.45) is 2.75. The van der Waals surface area contributed by atoms with Gasteiger partial charge in [0, 0.05) is 11.6 Å². The highest BCUT2D eigenvalue weighted by Crippen LogP contribution is 2.29. The van der Waals surface area contributed by atoms with E-state index in [0.717, 1.165) is 25.7 Å². The molecule has 0 saturated heterocycles. The Morgan fingerprint density at radius 3 is 2.71 bits per heavy atom. The number of ether oxygens (including phenoxy) is 1. The number of hydrogen-bond donors (Lipinski definition) is 2. The van der Waals surface area contributed by atoms with Gasteiger partial charge in [0.2, 0.25) is 0 Å². The summed E-state index contributed by atoms with van der Waals surface area (Å²) in [7, 11) is 0. The van der Waals surface area contributed by atoms with Crippen LogP contribution in [0.3, 0.4) is 0 Å². The molecule has 0 spiro atoms. The van der Waals surface area contributed by atoms with Gasteiger partial charge < -0.3 is 15.2 Å². The van der Waals surface area contributed by atoms with E-state index < -0.39 is 11.7 Å². The molecule has 2 rings (SSSR count). The maximum absolute atomic E-state index is 12.0. The largest absolute Gasteiger partial charge is 0.479 e. The number of rotatable bonds is 5. The van der Waals surface area contributed by atoms with Gasteiger partial charge in [-0.15, -0.1) is 0 Å². The van der Waals surface area contributed by atoms with Crippen molar-refractivity contribution < 1.29 is 14.6 Å². The van der Waals surface area contributed by atoms with Crippen molar-refractivity contribution in [2.75, 3.05) is 6.54 Å². The molecule has 1 aliphatic rings. The van der Waals surface area contributed by atoms with Gasteiger partial charge in [-0.1, -0.05) is 36.0 Å². The van der Waals surface area contributed by atoms with E-state index in [1.54, 1.807) is 25.1 Å². The van der Waals surface area contributed by atoms with E-state index >= 15 is 0 Å². The molecular weight excluding hydrogens is 313 g/mol. The van der Waals surface area contributed by atoms with Crippen LogP contribution in [0.2, 0.25) is 10.0 Å². The maximum Gasteiger partial charge on any atom is 0.260 e. The summed E-state index contributed by atoms with van der Waals surface area (Å²) >= 11 is 11.8. The van der Waals surface area contributed by atoms with Crippen LogP contribution >= 0.6 is 23.2 Å². The highest BCUT2D eigenvalue weighted by Gasteiger charge is 2.32. The third-order valence-corrected chi connectivity index (χ3v) is 4.22. The predicted octanol–water partition coefficient (Wildman–Crippen LogP) is 3.18. The Labute approximate surface area is 134 Å². The van der Waals surface area contributed by atoms with Crippen molar-refractivity contribution in [2.45, 2.75) is 44.3 Å². The molecule has 1 amide bonds. The summed E-state index contributed by atoms with van der Waals surface area (Å²) in [6.45, 7) is 1.90. The van der Waals surface area contributed by atoms with Crippen LogP contribution in [0.25, 0.3) is 0 Å². The lowest BCUT2D eigenvalue weighted by Crippen LogP contribution is -2.45. The molecule has 1 aliphatic carbocycles. The normalized spacial score (nSPS) is 18.3. The van der Waals surface area contributed by atoms with E-state index in [9.17, 15) is 9.90 Å². The quantitative estimate of drug-likeness (QED) is 0.871. The first-order valence-corrected chi connectivity index (χ1v) is 7.77. The molecule has 6 heteroatoms. The molecule has 0 aromatic heterocycles. The van der Waals surface area contributed by atoms with Crippen molar-refractivity contribution in [2.24, 2.45) is 0 Å². The second-order valence-electron chi connectivity index (χ2n) is 5.48. The van der Waals surface area contributed by atoms with E-state index in [-0.39, 0.29) is 12.5 Å². The van der Waals surface area contributed by atoms with E-state index in [2.05, 4.69) is 5.32 Å². The van der Waals surface area contributed by atoms with Crippen molar-refractivity contribution in [3.63, 3.8) is 0 Å². The summed E-state index contributed by atoms with van der Waals surface area (Å²) in [4.78, 5) is 12.0. The van der Waals surface area contributed by atoms with Crippen LogP contribution in [-0.2, 0) is 4.79 Å². The van der Waals surface area contributed by atoms with Crippen molar-refractivity contribution in [3.8, 4) is 5.75 Å². The summed E-state index contributed by atoms with van der Waals surface area (Å²) in [5.41, 5.74) is -0.771. The zero-order chi connectivity index (χ0) is 15.5. The minimum atomic E-state index is -0.771. The van der Waals surface area contributed by atoms with Crippen LogP contribution < -0.4 is 10.1 Å². The fraction of sp³-hybridized carbons (Fsp3) is 0.533. The van der Waals surface area contributed by atoms with Crippen LogP contribution in [0.5, 0.6) is 5.75 Å². The second kappa shape index (κ2) is 6.86. The second-order valence-corrected chi connectivity index (χ2v) is 6.33. The topological polar surface area (TPSA) is 58.6 Å². The van der Waals surface area contributed by atoms with E-state index in [4.69, 9.17) is 27.9 Å². The number of carbonyl (C=O) groups is 1. The first kappa shape index (κ1) is 16.4. The first-order chi connectivity index (χ1) is 9.89. The van der Waals surface area contributed by atoms with Gasteiger partial charge in [0.15, 0.2) is 6.10 Å². The molecule has 1 fully saturated rings. The molecule has 1 unspecified atom stereocenters. The highest BCUT2D eigenvalue weighted by molar-refractivity contribution is 6.35. The Balaban J connectivity index is 1.87. The minimum Gasteiger partial charge on any atom is -0.479 e. The molecule has 1 atom stereocenters. The van der Waals surface area contributed by atoms with Gasteiger partial charge in [-0.2, -0.15) is 0 Å². The fourth-order valence-electron chi connectivity index (χ4n) is 2.42. The summed E-state index contributed by atoms with van der Waals surface area (Å²) < 4.78 is 5.53. The van der Waals surface area contributed by atoms with Crippen molar-refractivity contribution >= 4 is 29.1 Å². The third kappa shape index (κ3) is 4.50. The molecule has 0 heterocycles. The van der Waals surface area contributed by atoms with E-state index in [1.807, 2.05) is 0 Å². The Morgan fingerprint density at radius 1 is 1.43 bits per heavy atom. The zero-order valence-electron chi connectivity index (χ0n) is 11.9.